The molecule has 1 rings (SSSR count). The number of hydrogen-bond donors (Lipinski definition) is 1. The Morgan fingerprint density at radius 1 is 1.23 bits per heavy atom. The number of rotatable bonds is 2. The average Bonchev–Trinajstić information content (AvgIpc) is 2.03. The molecule has 1 saturated heterocycles. The van der Waals surface area contributed by atoms with Crippen molar-refractivity contribution in [1.29, 1.82) is 0 Å². The van der Waals surface area contributed by atoms with Crippen LogP contribution in [0.2, 0.25) is 0 Å². The van der Waals surface area contributed by atoms with E-state index < -0.39 is 0 Å². The molecule has 2 heteroatoms. The maximum absolute atomic E-state index is 11.2. The monoisotopic (exact) mass is 183 g/mol. The van der Waals surface area contributed by atoms with Gasteiger partial charge in [-0.3, -0.25) is 4.79 Å². The highest BCUT2D eigenvalue weighted by molar-refractivity contribution is 5.77. The molecule has 0 saturated carbocycles. The molecule has 1 N–H and O–H groups in total. The molecule has 0 aromatic carbocycles. The molecule has 0 aromatic heterocycles. The Balaban J connectivity index is 2.66. The van der Waals surface area contributed by atoms with Gasteiger partial charge >= 0.3 is 0 Å². The van der Waals surface area contributed by atoms with E-state index in [9.17, 15) is 4.79 Å². The van der Waals surface area contributed by atoms with Gasteiger partial charge in [0.1, 0.15) is 0 Å². The maximum atomic E-state index is 11.2. The van der Waals surface area contributed by atoms with E-state index in [1.54, 1.807) is 0 Å². The van der Waals surface area contributed by atoms with Gasteiger partial charge in [-0.15, -0.1) is 0 Å². The van der Waals surface area contributed by atoms with E-state index in [1.165, 1.54) is 0 Å². The van der Waals surface area contributed by atoms with Crippen molar-refractivity contribution in [3.05, 3.63) is 0 Å². The number of nitrogens with one attached hydrogen (secondary N) is 1. The lowest BCUT2D eigenvalue weighted by Gasteiger charge is -2.37. The highest BCUT2D eigenvalue weighted by Gasteiger charge is 2.32. The van der Waals surface area contributed by atoms with Crippen LogP contribution in [0.25, 0.3) is 0 Å². The Kier molecular flexibility index (Phi) is 3.34. The lowest BCUT2D eigenvalue weighted by molar-refractivity contribution is -0.125. The summed E-state index contributed by atoms with van der Waals surface area (Å²) in [6.45, 7) is 8.87. The van der Waals surface area contributed by atoms with Gasteiger partial charge in [-0.25, -0.2) is 0 Å². The standard InChI is InChI=1S/C11H21NO/c1-7(2)9-5-6-10(13)12-11(9)8(3)4/h7-9,11H,5-6H2,1-4H3,(H,12,13)/t9-,11-/m1/s1. The average molecular weight is 183 g/mol. The molecular formula is C11H21NO. The molecule has 13 heavy (non-hydrogen) atoms. The summed E-state index contributed by atoms with van der Waals surface area (Å²) in [7, 11) is 0. The highest BCUT2D eigenvalue weighted by atomic mass is 16.1. The molecule has 1 fully saturated rings. The summed E-state index contributed by atoms with van der Waals surface area (Å²) in [5.41, 5.74) is 0. The first-order valence-corrected chi connectivity index (χ1v) is 5.31. The Morgan fingerprint density at radius 2 is 1.85 bits per heavy atom. The molecule has 0 spiro atoms. The van der Waals surface area contributed by atoms with Crippen molar-refractivity contribution in [3.8, 4) is 0 Å². The van der Waals surface area contributed by atoms with Crippen LogP contribution in [0.15, 0.2) is 0 Å². The zero-order chi connectivity index (χ0) is 10.0. The third-order valence-electron chi connectivity index (χ3n) is 3.07. The van der Waals surface area contributed by atoms with Crippen LogP contribution in [0.3, 0.4) is 0 Å². The Hall–Kier alpha value is -0.530. The lowest BCUT2D eigenvalue weighted by Crippen LogP contribution is -2.49. The number of hydrogen-bond acceptors (Lipinski definition) is 1. The first-order chi connectivity index (χ1) is 6.02. The molecule has 1 amide bonds. The van der Waals surface area contributed by atoms with Gasteiger partial charge in [0.15, 0.2) is 0 Å². The maximum Gasteiger partial charge on any atom is 0.220 e. The fraction of sp³-hybridized carbons (Fsp3) is 0.909. The molecule has 0 radical (unpaired) electrons. The smallest absolute Gasteiger partial charge is 0.220 e. The number of carbonyl (C=O) groups excluding carboxylic acids is 1. The van der Waals surface area contributed by atoms with E-state index >= 15 is 0 Å². The van der Waals surface area contributed by atoms with Crippen molar-refractivity contribution in [2.75, 3.05) is 0 Å². The highest BCUT2D eigenvalue weighted by Crippen LogP contribution is 2.28. The van der Waals surface area contributed by atoms with Crippen LogP contribution >= 0.6 is 0 Å². The quantitative estimate of drug-likeness (QED) is 0.698. The fourth-order valence-corrected chi connectivity index (χ4v) is 2.25. The summed E-state index contributed by atoms with van der Waals surface area (Å²) in [6, 6.07) is 0.390. The van der Waals surface area contributed by atoms with Gasteiger partial charge in [0.25, 0.3) is 0 Å². The molecule has 1 heterocycles. The number of piperidine rings is 1. The second kappa shape index (κ2) is 4.12. The minimum absolute atomic E-state index is 0.232. The van der Waals surface area contributed by atoms with Gasteiger partial charge in [-0.1, -0.05) is 27.7 Å². The van der Waals surface area contributed by atoms with Crippen LogP contribution in [0, 0.1) is 17.8 Å². The summed E-state index contributed by atoms with van der Waals surface area (Å²) >= 11 is 0. The van der Waals surface area contributed by atoms with Gasteiger partial charge in [0.2, 0.25) is 5.91 Å². The molecule has 0 bridgehead atoms. The molecule has 0 aromatic rings. The Morgan fingerprint density at radius 3 is 2.31 bits per heavy atom. The molecule has 0 unspecified atom stereocenters. The predicted octanol–water partition coefficient (Wildman–Crippen LogP) is 2.19. The van der Waals surface area contributed by atoms with Gasteiger partial charge in [-0.2, -0.15) is 0 Å². The topological polar surface area (TPSA) is 29.1 Å². The van der Waals surface area contributed by atoms with Crippen LogP contribution in [0.5, 0.6) is 0 Å². The summed E-state index contributed by atoms with van der Waals surface area (Å²) < 4.78 is 0. The van der Waals surface area contributed by atoms with E-state index in [4.69, 9.17) is 0 Å². The van der Waals surface area contributed by atoms with Gasteiger partial charge < -0.3 is 5.32 Å². The predicted molar refractivity (Wildman–Crippen MR) is 54.3 cm³/mol. The van der Waals surface area contributed by atoms with Gasteiger partial charge in [0, 0.05) is 12.5 Å². The second-order valence-electron chi connectivity index (χ2n) is 4.78. The van der Waals surface area contributed by atoms with Crippen LogP contribution in [0.1, 0.15) is 40.5 Å². The summed E-state index contributed by atoms with van der Waals surface area (Å²) in [5.74, 6) is 2.12. The summed E-state index contributed by atoms with van der Waals surface area (Å²) in [5, 5.41) is 3.11. The summed E-state index contributed by atoms with van der Waals surface area (Å²) in [6.07, 6.45) is 1.78. The first-order valence-electron chi connectivity index (χ1n) is 5.31. The largest absolute Gasteiger partial charge is 0.353 e. The molecule has 2 atom stereocenters. The van der Waals surface area contributed by atoms with Crippen molar-refractivity contribution < 1.29 is 4.79 Å². The van der Waals surface area contributed by atoms with Gasteiger partial charge in [-0.05, 0) is 24.2 Å². The van der Waals surface area contributed by atoms with Gasteiger partial charge in [0.05, 0.1) is 0 Å². The Bertz CT molecular complexity index is 187. The minimum atomic E-state index is 0.232. The number of carbonyl (C=O) groups is 1. The van der Waals surface area contributed by atoms with Crippen LogP contribution < -0.4 is 5.32 Å². The van der Waals surface area contributed by atoms with Crippen LogP contribution in [0.4, 0.5) is 0 Å². The molecule has 0 aliphatic carbocycles. The van der Waals surface area contributed by atoms with E-state index in [0.29, 0.717) is 30.2 Å². The molecular weight excluding hydrogens is 162 g/mol. The van der Waals surface area contributed by atoms with E-state index in [1.807, 2.05) is 0 Å². The lowest BCUT2D eigenvalue weighted by atomic mass is 9.77. The first kappa shape index (κ1) is 10.6. The normalized spacial score (nSPS) is 29.5. The van der Waals surface area contributed by atoms with E-state index in [0.717, 1.165) is 6.42 Å². The third-order valence-corrected chi connectivity index (χ3v) is 3.07. The van der Waals surface area contributed by atoms with E-state index in [2.05, 4.69) is 33.0 Å². The molecule has 1 aliphatic heterocycles. The Labute approximate surface area is 81.1 Å². The SMILES string of the molecule is CC(C)[C@H]1CCC(=O)N[C@@H]1C(C)C. The van der Waals surface area contributed by atoms with Crippen molar-refractivity contribution in [3.63, 3.8) is 0 Å². The van der Waals surface area contributed by atoms with Crippen molar-refractivity contribution in [2.45, 2.75) is 46.6 Å². The minimum Gasteiger partial charge on any atom is -0.353 e. The zero-order valence-electron chi connectivity index (χ0n) is 9.13. The van der Waals surface area contributed by atoms with Crippen molar-refractivity contribution in [2.24, 2.45) is 17.8 Å². The van der Waals surface area contributed by atoms with Crippen molar-refractivity contribution in [1.82, 2.24) is 5.32 Å². The molecule has 2 nitrogen and oxygen atoms in total. The fourth-order valence-electron chi connectivity index (χ4n) is 2.25. The van der Waals surface area contributed by atoms with E-state index in [-0.39, 0.29) is 5.91 Å². The molecule has 1 aliphatic rings. The van der Waals surface area contributed by atoms with Crippen LogP contribution in [-0.4, -0.2) is 11.9 Å². The second-order valence-corrected chi connectivity index (χ2v) is 4.78. The van der Waals surface area contributed by atoms with Crippen molar-refractivity contribution >= 4 is 5.91 Å². The number of amides is 1. The van der Waals surface area contributed by atoms with Crippen LogP contribution in [-0.2, 0) is 4.79 Å². The summed E-state index contributed by atoms with van der Waals surface area (Å²) in [4.78, 5) is 11.2. The zero-order valence-corrected chi connectivity index (χ0v) is 9.13. The molecule has 76 valence electrons. The third kappa shape index (κ3) is 2.45.